The molecule has 0 bridgehead atoms. The first kappa shape index (κ1) is 11.6. The van der Waals surface area contributed by atoms with Gasteiger partial charge in [0.15, 0.2) is 0 Å². The summed E-state index contributed by atoms with van der Waals surface area (Å²) in [4.78, 5) is 0. The van der Waals surface area contributed by atoms with Crippen molar-refractivity contribution in [3.8, 4) is 0 Å². The van der Waals surface area contributed by atoms with Gasteiger partial charge in [0.05, 0.1) is 11.9 Å². The summed E-state index contributed by atoms with van der Waals surface area (Å²) in [6.45, 7) is 7.04. The summed E-state index contributed by atoms with van der Waals surface area (Å²) in [5.41, 5.74) is 0. The Labute approximate surface area is 74.6 Å². The van der Waals surface area contributed by atoms with Gasteiger partial charge in [-0.3, -0.25) is 4.18 Å². The number of hydrogen-bond donors (Lipinski definition) is 0. The van der Waals surface area contributed by atoms with E-state index >= 15 is 0 Å². The molecule has 0 rings (SSSR count). The van der Waals surface area contributed by atoms with E-state index in [9.17, 15) is 8.42 Å². The molecule has 0 saturated heterocycles. The van der Waals surface area contributed by atoms with Gasteiger partial charge in [0, 0.05) is 0 Å². The molecule has 0 amide bonds. The standard InChI is InChI=1S/C8H16O3S/c1-4-6-8(3)12(9,10)11-7-5-2/h5,8H,2,4,6-7H2,1,3H3. The third kappa shape index (κ3) is 3.88. The van der Waals surface area contributed by atoms with Crippen molar-refractivity contribution in [1.29, 1.82) is 0 Å². The fourth-order valence-corrected chi connectivity index (χ4v) is 1.85. The van der Waals surface area contributed by atoms with Gasteiger partial charge < -0.3 is 0 Å². The lowest BCUT2D eigenvalue weighted by atomic mass is 10.3. The van der Waals surface area contributed by atoms with Crippen LogP contribution in [0, 0.1) is 0 Å². The average Bonchev–Trinajstić information content (AvgIpc) is 2.01. The lowest BCUT2D eigenvalue weighted by molar-refractivity contribution is 0.348. The molecule has 0 spiro atoms. The van der Waals surface area contributed by atoms with Crippen LogP contribution >= 0.6 is 0 Å². The summed E-state index contributed by atoms with van der Waals surface area (Å²) < 4.78 is 27.1. The Hall–Kier alpha value is -0.350. The van der Waals surface area contributed by atoms with Crippen LogP contribution in [0.3, 0.4) is 0 Å². The molecule has 0 aromatic carbocycles. The Morgan fingerprint density at radius 1 is 1.58 bits per heavy atom. The van der Waals surface area contributed by atoms with Crippen LogP contribution in [0.15, 0.2) is 12.7 Å². The zero-order chi connectivity index (χ0) is 9.61. The highest BCUT2D eigenvalue weighted by Crippen LogP contribution is 2.09. The quantitative estimate of drug-likeness (QED) is 0.475. The molecular formula is C8H16O3S. The molecule has 1 unspecified atom stereocenters. The minimum atomic E-state index is -3.36. The van der Waals surface area contributed by atoms with Gasteiger partial charge in [-0.25, -0.2) is 0 Å². The van der Waals surface area contributed by atoms with Crippen molar-refractivity contribution in [2.24, 2.45) is 0 Å². The highest BCUT2D eigenvalue weighted by molar-refractivity contribution is 7.87. The Balaban J connectivity index is 4.09. The predicted octanol–water partition coefficient (Wildman–Crippen LogP) is 1.71. The maximum atomic E-state index is 11.2. The van der Waals surface area contributed by atoms with Crippen molar-refractivity contribution in [3.05, 3.63) is 12.7 Å². The van der Waals surface area contributed by atoms with Crippen LogP contribution in [-0.4, -0.2) is 20.3 Å². The Morgan fingerprint density at radius 2 is 2.17 bits per heavy atom. The normalized spacial score (nSPS) is 14.2. The fourth-order valence-electron chi connectivity index (χ4n) is 0.810. The minimum Gasteiger partial charge on any atom is -0.266 e. The van der Waals surface area contributed by atoms with Gasteiger partial charge in [-0.05, 0) is 13.3 Å². The third-order valence-electron chi connectivity index (χ3n) is 1.54. The van der Waals surface area contributed by atoms with Crippen molar-refractivity contribution in [1.82, 2.24) is 0 Å². The van der Waals surface area contributed by atoms with Crippen molar-refractivity contribution in [3.63, 3.8) is 0 Å². The van der Waals surface area contributed by atoms with Crippen LogP contribution < -0.4 is 0 Å². The first-order valence-electron chi connectivity index (χ1n) is 4.03. The molecule has 0 fully saturated rings. The summed E-state index contributed by atoms with van der Waals surface area (Å²) in [6.07, 6.45) is 2.91. The maximum absolute atomic E-state index is 11.2. The van der Waals surface area contributed by atoms with E-state index in [0.29, 0.717) is 6.42 Å². The SMILES string of the molecule is C=CCOS(=O)(=O)C(C)CCC. The van der Waals surface area contributed by atoms with E-state index in [-0.39, 0.29) is 6.61 Å². The van der Waals surface area contributed by atoms with Crippen LogP contribution in [0.2, 0.25) is 0 Å². The highest BCUT2D eigenvalue weighted by atomic mass is 32.2. The van der Waals surface area contributed by atoms with Crippen molar-refractivity contribution in [2.45, 2.75) is 31.9 Å². The number of hydrogen-bond acceptors (Lipinski definition) is 3. The van der Waals surface area contributed by atoms with E-state index in [1.54, 1.807) is 6.92 Å². The Bertz CT molecular complexity index is 218. The van der Waals surface area contributed by atoms with Gasteiger partial charge in [0.1, 0.15) is 0 Å². The topological polar surface area (TPSA) is 43.4 Å². The summed E-state index contributed by atoms with van der Waals surface area (Å²) in [6, 6.07) is 0. The van der Waals surface area contributed by atoms with Gasteiger partial charge in [0.25, 0.3) is 10.1 Å². The first-order valence-corrected chi connectivity index (χ1v) is 5.50. The molecule has 72 valence electrons. The van der Waals surface area contributed by atoms with Crippen LogP contribution in [0.25, 0.3) is 0 Å². The molecule has 0 N–H and O–H groups in total. The van der Waals surface area contributed by atoms with E-state index in [4.69, 9.17) is 0 Å². The Morgan fingerprint density at radius 3 is 2.58 bits per heavy atom. The van der Waals surface area contributed by atoms with Gasteiger partial charge in [0.2, 0.25) is 0 Å². The molecule has 0 heterocycles. The Kier molecular flexibility index (Phi) is 5.17. The summed E-state index contributed by atoms with van der Waals surface area (Å²) >= 11 is 0. The summed E-state index contributed by atoms with van der Waals surface area (Å²) in [5.74, 6) is 0. The molecule has 0 saturated carbocycles. The van der Waals surface area contributed by atoms with Crippen LogP contribution in [0.5, 0.6) is 0 Å². The lowest BCUT2D eigenvalue weighted by Crippen LogP contribution is -2.20. The van der Waals surface area contributed by atoms with Crippen molar-refractivity contribution < 1.29 is 12.6 Å². The van der Waals surface area contributed by atoms with Gasteiger partial charge >= 0.3 is 0 Å². The average molecular weight is 192 g/mol. The van der Waals surface area contributed by atoms with Crippen molar-refractivity contribution >= 4 is 10.1 Å². The van der Waals surface area contributed by atoms with Crippen LogP contribution in [0.1, 0.15) is 26.7 Å². The second-order valence-corrected chi connectivity index (χ2v) is 4.69. The molecule has 1 atom stereocenters. The molecule has 0 aromatic heterocycles. The molecule has 0 aliphatic carbocycles. The largest absolute Gasteiger partial charge is 0.270 e. The molecule has 3 nitrogen and oxygen atoms in total. The second kappa shape index (κ2) is 5.32. The van der Waals surface area contributed by atoms with Gasteiger partial charge in [-0.2, -0.15) is 8.42 Å². The van der Waals surface area contributed by atoms with E-state index in [2.05, 4.69) is 10.8 Å². The molecule has 0 radical (unpaired) electrons. The molecule has 12 heavy (non-hydrogen) atoms. The summed E-state index contributed by atoms with van der Waals surface area (Å²) in [5, 5.41) is -0.414. The summed E-state index contributed by atoms with van der Waals surface area (Å²) in [7, 11) is -3.36. The molecule has 0 aromatic rings. The molecular weight excluding hydrogens is 176 g/mol. The maximum Gasteiger partial charge on any atom is 0.270 e. The van der Waals surface area contributed by atoms with Crippen molar-refractivity contribution in [2.75, 3.05) is 6.61 Å². The van der Waals surface area contributed by atoms with E-state index in [1.807, 2.05) is 6.92 Å². The molecule has 4 heteroatoms. The van der Waals surface area contributed by atoms with Crippen LogP contribution in [-0.2, 0) is 14.3 Å². The molecule has 0 aliphatic heterocycles. The van der Waals surface area contributed by atoms with E-state index in [0.717, 1.165) is 6.42 Å². The third-order valence-corrected chi connectivity index (χ3v) is 3.22. The highest BCUT2D eigenvalue weighted by Gasteiger charge is 2.19. The second-order valence-electron chi connectivity index (χ2n) is 2.67. The lowest BCUT2D eigenvalue weighted by Gasteiger charge is -2.09. The van der Waals surface area contributed by atoms with Gasteiger partial charge in [-0.1, -0.05) is 19.4 Å². The van der Waals surface area contributed by atoms with E-state index in [1.165, 1.54) is 6.08 Å². The number of rotatable bonds is 6. The molecule has 0 aliphatic rings. The zero-order valence-corrected chi connectivity index (χ0v) is 8.43. The van der Waals surface area contributed by atoms with E-state index < -0.39 is 15.4 Å². The minimum absolute atomic E-state index is 0.0659. The van der Waals surface area contributed by atoms with Crippen LogP contribution in [0.4, 0.5) is 0 Å². The first-order chi connectivity index (χ1) is 5.54. The predicted molar refractivity (Wildman–Crippen MR) is 49.4 cm³/mol. The zero-order valence-electron chi connectivity index (χ0n) is 7.62. The fraction of sp³-hybridized carbons (Fsp3) is 0.750. The smallest absolute Gasteiger partial charge is 0.266 e. The monoisotopic (exact) mass is 192 g/mol. The van der Waals surface area contributed by atoms with Gasteiger partial charge in [-0.15, -0.1) is 6.58 Å².